The van der Waals surface area contributed by atoms with Crippen LogP contribution in [-0.2, 0) is 10.1 Å². The van der Waals surface area contributed by atoms with Gasteiger partial charge in [0.15, 0.2) is 0 Å². The van der Waals surface area contributed by atoms with E-state index in [1.165, 1.54) is 18.2 Å². The molecule has 1 rings (SSSR count). The number of allylic oxidation sites excluding steroid dienone is 1. The molecule has 0 aromatic heterocycles. The first-order chi connectivity index (χ1) is 5.41. The van der Waals surface area contributed by atoms with Crippen LogP contribution in [0.4, 0.5) is 0 Å². The van der Waals surface area contributed by atoms with E-state index in [0.717, 1.165) is 0 Å². The highest BCUT2D eigenvalue weighted by Gasteiger charge is 2.27. The van der Waals surface area contributed by atoms with Gasteiger partial charge in [-0.25, -0.2) is 0 Å². The molecule has 0 bridgehead atoms. The van der Waals surface area contributed by atoms with E-state index in [4.69, 9.17) is 16.0 Å². The molecule has 0 spiro atoms. The highest BCUT2D eigenvalue weighted by Crippen LogP contribution is 2.12. The zero-order valence-electron chi connectivity index (χ0n) is 6.21. The van der Waals surface area contributed by atoms with Crippen molar-refractivity contribution in [2.75, 3.05) is 0 Å². The lowest BCUT2D eigenvalue weighted by Crippen LogP contribution is -2.39. The molecule has 0 saturated heterocycles. The highest BCUT2D eigenvalue weighted by atomic mass is 32.2. The van der Waals surface area contributed by atoms with Gasteiger partial charge in [-0.15, -0.1) is 0 Å². The van der Waals surface area contributed by atoms with E-state index >= 15 is 0 Å². The maximum absolute atomic E-state index is 10.7. The van der Waals surface area contributed by atoms with Crippen molar-refractivity contribution in [1.29, 1.82) is 0 Å². The Kier molecular flexibility index (Phi) is 2.22. The fourth-order valence-corrected chi connectivity index (χ4v) is 1.76. The van der Waals surface area contributed by atoms with E-state index in [1.807, 2.05) is 0 Å². The summed E-state index contributed by atoms with van der Waals surface area (Å²) in [6.45, 7) is 0. The van der Waals surface area contributed by atoms with Gasteiger partial charge in [0, 0.05) is 11.7 Å². The second-order valence-electron chi connectivity index (χ2n) is 2.58. The lowest BCUT2D eigenvalue weighted by Gasteiger charge is -2.18. The van der Waals surface area contributed by atoms with Gasteiger partial charge < -0.3 is 11.5 Å². The predicted molar refractivity (Wildman–Crippen MR) is 44.7 cm³/mol. The summed E-state index contributed by atoms with van der Waals surface area (Å²) in [5.74, 6) is 0. The summed E-state index contributed by atoms with van der Waals surface area (Å²) in [6, 6.07) is -0.773. The minimum atomic E-state index is -4.11. The lowest BCUT2D eigenvalue weighted by molar-refractivity contribution is 0.470. The second kappa shape index (κ2) is 2.89. The average molecular weight is 190 g/mol. The van der Waals surface area contributed by atoms with E-state index in [1.54, 1.807) is 0 Å². The van der Waals surface area contributed by atoms with E-state index in [2.05, 4.69) is 0 Å². The average Bonchev–Trinajstić information content (AvgIpc) is 1.83. The maximum atomic E-state index is 10.7. The summed E-state index contributed by atoms with van der Waals surface area (Å²) >= 11 is 0. The quantitative estimate of drug-likeness (QED) is 0.459. The lowest BCUT2D eigenvalue weighted by atomic mass is 10.1. The van der Waals surface area contributed by atoms with Crippen molar-refractivity contribution in [3.8, 4) is 0 Å². The summed E-state index contributed by atoms with van der Waals surface area (Å²) in [6.07, 6.45) is 4.07. The van der Waals surface area contributed by atoms with Crippen LogP contribution in [0.5, 0.6) is 0 Å². The Balaban J connectivity index is 2.95. The first-order valence-corrected chi connectivity index (χ1v) is 4.79. The Bertz CT molecular complexity index is 331. The fraction of sp³-hybridized carbons (Fsp3) is 0.333. The van der Waals surface area contributed by atoms with Gasteiger partial charge in [0.1, 0.15) is 5.25 Å². The molecule has 0 amide bonds. The van der Waals surface area contributed by atoms with Gasteiger partial charge in [0.2, 0.25) is 0 Å². The maximum Gasteiger partial charge on any atom is 0.273 e. The standard InChI is InChI=1S/C6H10N2O3S/c7-4-1-2-6(5(8)3-4)12(9,10)11/h1-3,5-6H,7-8H2,(H,9,10,11). The molecule has 0 aliphatic heterocycles. The van der Waals surface area contributed by atoms with Crippen LogP contribution in [0.2, 0.25) is 0 Å². The number of hydrogen-bond acceptors (Lipinski definition) is 4. The normalized spacial score (nSPS) is 30.0. The molecule has 0 heterocycles. The molecular weight excluding hydrogens is 180 g/mol. The Labute approximate surface area is 70.5 Å². The number of nitrogens with two attached hydrogens (primary N) is 2. The van der Waals surface area contributed by atoms with Gasteiger partial charge in [-0.3, -0.25) is 4.55 Å². The largest absolute Gasteiger partial charge is 0.399 e. The van der Waals surface area contributed by atoms with Gasteiger partial charge in [-0.2, -0.15) is 8.42 Å². The molecule has 5 N–H and O–H groups in total. The fourth-order valence-electron chi connectivity index (χ4n) is 1.00. The van der Waals surface area contributed by atoms with Gasteiger partial charge in [0.25, 0.3) is 10.1 Å². The molecule has 0 aromatic rings. The number of hydrogen-bond donors (Lipinski definition) is 3. The van der Waals surface area contributed by atoms with E-state index in [-0.39, 0.29) is 0 Å². The summed E-state index contributed by atoms with van der Waals surface area (Å²) in [5.41, 5.74) is 11.2. The van der Waals surface area contributed by atoms with Crippen LogP contribution in [-0.4, -0.2) is 24.3 Å². The molecule has 68 valence electrons. The van der Waals surface area contributed by atoms with Crippen LogP contribution in [0, 0.1) is 0 Å². The van der Waals surface area contributed by atoms with Crippen molar-refractivity contribution >= 4 is 10.1 Å². The zero-order chi connectivity index (χ0) is 9.35. The Morgan fingerprint density at radius 1 is 1.50 bits per heavy atom. The van der Waals surface area contributed by atoms with Crippen LogP contribution >= 0.6 is 0 Å². The van der Waals surface area contributed by atoms with E-state index < -0.39 is 21.4 Å². The second-order valence-corrected chi connectivity index (χ2v) is 4.16. The molecule has 0 fully saturated rings. The third-order valence-corrected chi connectivity index (χ3v) is 2.75. The smallest absolute Gasteiger partial charge is 0.273 e. The predicted octanol–water partition coefficient (Wildman–Crippen LogP) is -1.02. The molecule has 2 unspecified atom stereocenters. The highest BCUT2D eigenvalue weighted by molar-refractivity contribution is 7.86. The van der Waals surface area contributed by atoms with Crippen molar-refractivity contribution in [2.24, 2.45) is 11.5 Å². The SMILES string of the molecule is NC1=CC(N)C(S(=O)(=O)O)C=C1. The Hall–Kier alpha value is -0.850. The molecule has 1 aliphatic carbocycles. The third-order valence-electron chi connectivity index (χ3n) is 1.59. The van der Waals surface area contributed by atoms with Crippen LogP contribution in [0.1, 0.15) is 0 Å². The summed E-state index contributed by atoms with van der Waals surface area (Å²) in [5, 5.41) is -1.08. The molecule has 0 aromatic carbocycles. The van der Waals surface area contributed by atoms with Crippen molar-refractivity contribution in [3.05, 3.63) is 23.9 Å². The first kappa shape index (κ1) is 9.24. The van der Waals surface area contributed by atoms with Crippen LogP contribution in [0.3, 0.4) is 0 Å². The van der Waals surface area contributed by atoms with Crippen molar-refractivity contribution in [3.63, 3.8) is 0 Å². The molecule has 6 heteroatoms. The topological polar surface area (TPSA) is 106 Å². The minimum Gasteiger partial charge on any atom is -0.399 e. The third kappa shape index (κ3) is 1.84. The summed E-state index contributed by atoms with van der Waals surface area (Å²) < 4.78 is 30.0. The van der Waals surface area contributed by atoms with Crippen LogP contribution in [0.25, 0.3) is 0 Å². The number of rotatable bonds is 1. The van der Waals surface area contributed by atoms with E-state index in [0.29, 0.717) is 5.70 Å². The minimum absolute atomic E-state index is 0.405. The van der Waals surface area contributed by atoms with Crippen LogP contribution in [0.15, 0.2) is 23.9 Å². The monoisotopic (exact) mass is 190 g/mol. The zero-order valence-corrected chi connectivity index (χ0v) is 7.03. The van der Waals surface area contributed by atoms with E-state index in [9.17, 15) is 8.42 Å². The Morgan fingerprint density at radius 3 is 2.50 bits per heavy atom. The molecule has 0 saturated carbocycles. The van der Waals surface area contributed by atoms with Crippen molar-refractivity contribution in [2.45, 2.75) is 11.3 Å². The van der Waals surface area contributed by atoms with Gasteiger partial charge >= 0.3 is 0 Å². The molecular formula is C6H10N2O3S. The van der Waals surface area contributed by atoms with Crippen LogP contribution < -0.4 is 11.5 Å². The van der Waals surface area contributed by atoms with Gasteiger partial charge in [-0.1, -0.05) is 6.08 Å². The Morgan fingerprint density at radius 2 is 2.08 bits per heavy atom. The van der Waals surface area contributed by atoms with Gasteiger partial charge in [0.05, 0.1) is 0 Å². The van der Waals surface area contributed by atoms with Gasteiger partial charge in [-0.05, 0) is 12.2 Å². The molecule has 1 aliphatic rings. The molecule has 12 heavy (non-hydrogen) atoms. The molecule has 0 radical (unpaired) electrons. The summed E-state index contributed by atoms with van der Waals surface area (Å²) in [7, 11) is -4.11. The van der Waals surface area contributed by atoms with Crippen molar-refractivity contribution < 1.29 is 13.0 Å². The molecule has 5 nitrogen and oxygen atoms in total. The van der Waals surface area contributed by atoms with Crippen molar-refractivity contribution in [1.82, 2.24) is 0 Å². The summed E-state index contributed by atoms with van der Waals surface area (Å²) in [4.78, 5) is 0. The molecule has 2 atom stereocenters. The first-order valence-electron chi connectivity index (χ1n) is 3.28.